The van der Waals surface area contributed by atoms with Crippen LogP contribution in [-0.4, -0.2) is 22.4 Å². The molecule has 0 saturated heterocycles. The van der Waals surface area contributed by atoms with Gasteiger partial charge in [-0.1, -0.05) is 20.8 Å². The van der Waals surface area contributed by atoms with Gasteiger partial charge in [0.05, 0.1) is 5.69 Å². The van der Waals surface area contributed by atoms with Gasteiger partial charge in [-0.25, -0.2) is 0 Å². The van der Waals surface area contributed by atoms with E-state index in [9.17, 15) is 0 Å². The van der Waals surface area contributed by atoms with Gasteiger partial charge in [-0.15, -0.1) is 0 Å². The highest BCUT2D eigenvalue weighted by Gasteiger charge is 2.58. The van der Waals surface area contributed by atoms with Gasteiger partial charge in [0.15, 0.2) is 0 Å². The average Bonchev–Trinajstić information content (AvgIpc) is 2.97. The van der Waals surface area contributed by atoms with Crippen LogP contribution in [0.3, 0.4) is 0 Å². The van der Waals surface area contributed by atoms with Gasteiger partial charge in [0.25, 0.3) is 0 Å². The molecule has 0 radical (unpaired) electrons. The average molecular weight is 289 g/mol. The lowest BCUT2D eigenvalue weighted by Crippen LogP contribution is -2.50. The molecule has 3 atom stereocenters. The number of hydrogen-bond donors (Lipinski definition) is 1. The van der Waals surface area contributed by atoms with Gasteiger partial charge in [0.1, 0.15) is 0 Å². The summed E-state index contributed by atoms with van der Waals surface area (Å²) in [5.41, 5.74) is 3.40. The summed E-state index contributed by atoms with van der Waals surface area (Å²) in [6.07, 6.45) is 5.44. The maximum atomic E-state index is 4.55. The maximum absolute atomic E-state index is 4.55. The van der Waals surface area contributed by atoms with Crippen molar-refractivity contribution in [1.29, 1.82) is 0 Å². The molecule has 118 valence electrons. The summed E-state index contributed by atoms with van der Waals surface area (Å²) in [4.78, 5) is 0. The second-order valence-electron chi connectivity index (χ2n) is 8.31. The van der Waals surface area contributed by atoms with Crippen LogP contribution in [0.4, 0.5) is 0 Å². The van der Waals surface area contributed by atoms with Crippen LogP contribution < -0.4 is 5.32 Å². The van der Waals surface area contributed by atoms with E-state index in [4.69, 9.17) is 0 Å². The van der Waals surface area contributed by atoms with Crippen molar-refractivity contribution in [3.63, 3.8) is 0 Å². The predicted octanol–water partition coefficient (Wildman–Crippen LogP) is 3.69. The summed E-state index contributed by atoms with van der Waals surface area (Å²) in [5.74, 6) is 0.927. The Kier molecular flexibility index (Phi) is 3.67. The van der Waals surface area contributed by atoms with E-state index >= 15 is 0 Å². The topological polar surface area (TPSA) is 29.9 Å². The van der Waals surface area contributed by atoms with Gasteiger partial charge in [-0.05, 0) is 68.9 Å². The van der Waals surface area contributed by atoms with Crippen LogP contribution in [0.5, 0.6) is 0 Å². The number of hydrogen-bond acceptors (Lipinski definition) is 2. The lowest BCUT2D eigenvalue weighted by molar-refractivity contribution is 0.109. The SMILES string of the molecule is Cc1cc(C)n(CCCNC2C(C)(C)[C@H]3CC[C@]2(C)C3)n1. The Morgan fingerprint density at radius 1 is 1.33 bits per heavy atom. The van der Waals surface area contributed by atoms with Crippen molar-refractivity contribution in [2.24, 2.45) is 16.7 Å². The minimum atomic E-state index is 0.463. The summed E-state index contributed by atoms with van der Waals surface area (Å²) in [6, 6.07) is 2.84. The minimum absolute atomic E-state index is 0.463. The molecule has 2 saturated carbocycles. The number of nitrogens with zero attached hydrogens (tertiary/aromatic N) is 2. The molecule has 0 aromatic carbocycles. The molecule has 3 rings (SSSR count). The molecule has 2 fully saturated rings. The fraction of sp³-hybridized carbons (Fsp3) is 0.833. The molecule has 1 N–H and O–H groups in total. The van der Waals surface area contributed by atoms with Gasteiger partial charge < -0.3 is 5.32 Å². The van der Waals surface area contributed by atoms with Crippen molar-refractivity contribution in [2.45, 2.75) is 72.9 Å². The molecule has 1 aromatic heterocycles. The van der Waals surface area contributed by atoms with E-state index in [0.29, 0.717) is 16.9 Å². The first-order chi connectivity index (χ1) is 9.83. The number of rotatable bonds is 5. The Morgan fingerprint density at radius 3 is 2.67 bits per heavy atom. The summed E-state index contributed by atoms with van der Waals surface area (Å²) in [6.45, 7) is 13.8. The lowest BCUT2D eigenvalue weighted by Gasteiger charge is -2.43. The normalized spacial score (nSPS) is 33.8. The van der Waals surface area contributed by atoms with Crippen molar-refractivity contribution >= 4 is 0 Å². The summed E-state index contributed by atoms with van der Waals surface area (Å²) in [5, 5.41) is 8.45. The van der Waals surface area contributed by atoms with E-state index < -0.39 is 0 Å². The molecule has 21 heavy (non-hydrogen) atoms. The largest absolute Gasteiger partial charge is 0.313 e. The third kappa shape index (κ3) is 2.54. The predicted molar refractivity (Wildman–Crippen MR) is 87.3 cm³/mol. The highest BCUT2D eigenvalue weighted by Crippen LogP contribution is 2.62. The third-order valence-corrected chi connectivity index (χ3v) is 6.27. The summed E-state index contributed by atoms with van der Waals surface area (Å²) in [7, 11) is 0. The second kappa shape index (κ2) is 5.12. The van der Waals surface area contributed by atoms with Gasteiger partial charge in [-0.2, -0.15) is 5.10 Å². The summed E-state index contributed by atoms with van der Waals surface area (Å²) < 4.78 is 2.14. The first kappa shape index (κ1) is 15.1. The molecule has 2 aliphatic carbocycles. The molecular weight excluding hydrogens is 258 g/mol. The van der Waals surface area contributed by atoms with Crippen LogP contribution in [0.1, 0.15) is 57.8 Å². The van der Waals surface area contributed by atoms with E-state index in [2.05, 4.69) is 55.8 Å². The Balaban J connectivity index is 1.53. The zero-order chi connectivity index (χ0) is 15.3. The van der Waals surface area contributed by atoms with E-state index in [1.54, 1.807) is 0 Å². The second-order valence-corrected chi connectivity index (χ2v) is 8.31. The van der Waals surface area contributed by atoms with Crippen molar-refractivity contribution in [2.75, 3.05) is 6.54 Å². The molecule has 1 heterocycles. The fourth-order valence-electron chi connectivity index (χ4n) is 5.19. The molecule has 0 aliphatic heterocycles. The van der Waals surface area contributed by atoms with E-state index in [-0.39, 0.29) is 0 Å². The zero-order valence-electron chi connectivity index (χ0n) is 14.4. The Labute approximate surface area is 129 Å². The van der Waals surface area contributed by atoms with Crippen molar-refractivity contribution in [1.82, 2.24) is 15.1 Å². The van der Waals surface area contributed by atoms with Crippen LogP contribution in [0.25, 0.3) is 0 Å². The van der Waals surface area contributed by atoms with Gasteiger partial charge in [0.2, 0.25) is 0 Å². The molecule has 2 aliphatic rings. The molecular formula is C18H31N3. The standard InChI is InChI=1S/C18H31N3/c1-13-11-14(2)21(20-13)10-6-9-19-16-17(3,4)15-7-8-18(16,5)12-15/h11,15-16,19H,6-10,12H2,1-5H3/t15-,16?,18+/m0/s1. The summed E-state index contributed by atoms with van der Waals surface area (Å²) >= 11 is 0. The first-order valence-electron chi connectivity index (χ1n) is 8.57. The van der Waals surface area contributed by atoms with Crippen molar-refractivity contribution < 1.29 is 0 Å². The molecule has 2 bridgehead atoms. The molecule has 3 heteroatoms. The fourth-order valence-corrected chi connectivity index (χ4v) is 5.19. The maximum Gasteiger partial charge on any atom is 0.0596 e. The van der Waals surface area contributed by atoms with E-state index in [1.165, 1.54) is 25.0 Å². The highest BCUT2D eigenvalue weighted by atomic mass is 15.3. The smallest absolute Gasteiger partial charge is 0.0596 e. The first-order valence-corrected chi connectivity index (χ1v) is 8.57. The zero-order valence-corrected chi connectivity index (χ0v) is 14.4. The van der Waals surface area contributed by atoms with Gasteiger partial charge >= 0.3 is 0 Å². The highest BCUT2D eigenvalue weighted by molar-refractivity contribution is 5.12. The minimum Gasteiger partial charge on any atom is -0.313 e. The number of aryl methyl sites for hydroxylation is 3. The van der Waals surface area contributed by atoms with Crippen LogP contribution in [0.15, 0.2) is 6.07 Å². The van der Waals surface area contributed by atoms with Crippen molar-refractivity contribution in [3.05, 3.63) is 17.5 Å². The molecule has 1 unspecified atom stereocenters. The lowest BCUT2D eigenvalue weighted by atomic mass is 9.68. The molecule has 0 amide bonds. The van der Waals surface area contributed by atoms with Crippen LogP contribution in [0, 0.1) is 30.6 Å². The van der Waals surface area contributed by atoms with Crippen LogP contribution >= 0.6 is 0 Å². The number of aromatic nitrogens is 2. The quantitative estimate of drug-likeness (QED) is 0.838. The Morgan fingerprint density at radius 2 is 2.10 bits per heavy atom. The molecule has 1 aromatic rings. The molecule has 3 nitrogen and oxygen atoms in total. The monoisotopic (exact) mass is 289 g/mol. The number of nitrogens with one attached hydrogen (secondary N) is 1. The Hall–Kier alpha value is -0.830. The van der Waals surface area contributed by atoms with Crippen LogP contribution in [0.2, 0.25) is 0 Å². The number of fused-ring (bicyclic) bond motifs is 2. The molecule has 0 spiro atoms. The van der Waals surface area contributed by atoms with Gasteiger partial charge in [-0.3, -0.25) is 4.68 Å². The van der Waals surface area contributed by atoms with Crippen molar-refractivity contribution in [3.8, 4) is 0 Å². The van der Waals surface area contributed by atoms with Crippen LogP contribution in [-0.2, 0) is 6.54 Å². The third-order valence-electron chi connectivity index (χ3n) is 6.27. The van der Waals surface area contributed by atoms with E-state index in [1.807, 2.05) is 0 Å². The van der Waals surface area contributed by atoms with Gasteiger partial charge in [0, 0.05) is 18.3 Å². The van der Waals surface area contributed by atoms with E-state index in [0.717, 1.165) is 31.1 Å². The Bertz CT molecular complexity index is 512.